The predicted molar refractivity (Wildman–Crippen MR) is 91.5 cm³/mol. The molecule has 132 valence electrons. The molecule has 2 amide bonds. The maximum absolute atomic E-state index is 12.5. The van der Waals surface area contributed by atoms with Crippen LogP contribution in [0.1, 0.15) is 16.8 Å². The van der Waals surface area contributed by atoms with Gasteiger partial charge in [-0.25, -0.2) is 4.90 Å². The third-order valence-electron chi connectivity index (χ3n) is 3.79. The second-order valence-corrected chi connectivity index (χ2v) is 5.89. The molecule has 0 aliphatic carbocycles. The van der Waals surface area contributed by atoms with E-state index >= 15 is 0 Å². The molecule has 2 aromatic carbocycles. The number of rotatable bonds is 5. The highest BCUT2D eigenvalue weighted by Gasteiger charge is 2.41. The number of amides is 2. The van der Waals surface area contributed by atoms with Crippen molar-refractivity contribution in [2.24, 2.45) is 0 Å². The van der Waals surface area contributed by atoms with Crippen LogP contribution in [0.4, 0.5) is 11.4 Å². The summed E-state index contributed by atoms with van der Waals surface area (Å²) in [4.78, 5) is 47.0. The molecule has 0 bridgehead atoms. The molecular formula is C17H11ClN2O6. The molecule has 9 heteroatoms. The third kappa shape index (κ3) is 3.27. The summed E-state index contributed by atoms with van der Waals surface area (Å²) in [5.74, 6) is -1.06. The lowest BCUT2D eigenvalue weighted by Gasteiger charge is -2.16. The molecule has 26 heavy (non-hydrogen) atoms. The van der Waals surface area contributed by atoms with Gasteiger partial charge < -0.3 is 4.74 Å². The predicted octanol–water partition coefficient (Wildman–Crippen LogP) is 2.77. The molecule has 0 radical (unpaired) electrons. The fraction of sp³-hybridized carbons (Fsp3) is 0.118. The number of aldehydes is 1. The summed E-state index contributed by atoms with van der Waals surface area (Å²) in [5, 5.41) is 11.2. The Hall–Kier alpha value is -3.26. The fourth-order valence-corrected chi connectivity index (χ4v) is 2.69. The Bertz CT molecular complexity index is 912. The first kappa shape index (κ1) is 17.6. The molecule has 1 aliphatic heterocycles. The molecule has 0 aromatic heterocycles. The lowest BCUT2D eigenvalue weighted by molar-refractivity contribution is -0.384. The number of imide groups is 1. The highest BCUT2D eigenvalue weighted by molar-refractivity contribution is 6.30. The van der Waals surface area contributed by atoms with Gasteiger partial charge in [0.05, 0.1) is 22.6 Å². The first-order chi connectivity index (χ1) is 12.4. The second-order valence-electron chi connectivity index (χ2n) is 5.45. The number of non-ortho nitro benzene ring substituents is 1. The summed E-state index contributed by atoms with van der Waals surface area (Å²) in [5.41, 5.74) is -0.00438. The number of halogens is 1. The van der Waals surface area contributed by atoms with Gasteiger partial charge in [-0.2, -0.15) is 0 Å². The zero-order valence-corrected chi connectivity index (χ0v) is 13.9. The topological polar surface area (TPSA) is 107 Å². The molecule has 1 unspecified atom stereocenters. The van der Waals surface area contributed by atoms with E-state index in [1.807, 2.05) is 0 Å². The normalized spacial score (nSPS) is 16.7. The van der Waals surface area contributed by atoms with Crippen LogP contribution in [0.25, 0.3) is 0 Å². The van der Waals surface area contributed by atoms with E-state index < -0.39 is 22.8 Å². The van der Waals surface area contributed by atoms with Crippen molar-refractivity contribution in [2.45, 2.75) is 12.5 Å². The van der Waals surface area contributed by atoms with E-state index in [0.717, 1.165) is 17.0 Å². The van der Waals surface area contributed by atoms with Crippen LogP contribution in [0.5, 0.6) is 5.75 Å². The van der Waals surface area contributed by atoms with E-state index in [0.29, 0.717) is 17.0 Å². The Labute approximate surface area is 152 Å². The van der Waals surface area contributed by atoms with Crippen LogP contribution in [0.3, 0.4) is 0 Å². The van der Waals surface area contributed by atoms with Gasteiger partial charge in [-0.1, -0.05) is 11.6 Å². The molecule has 1 fully saturated rings. The van der Waals surface area contributed by atoms with E-state index in [1.165, 1.54) is 18.2 Å². The fourth-order valence-electron chi connectivity index (χ4n) is 2.56. The van der Waals surface area contributed by atoms with Crippen molar-refractivity contribution in [1.29, 1.82) is 0 Å². The standard InChI is InChI=1S/C17H11ClN2O6/c18-11-1-3-12(4-2-11)19-16(22)8-15(17(19)23)26-14-6-5-13(20(24)25)7-10(14)9-21/h1-7,9,15H,8H2. The second kappa shape index (κ2) is 6.93. The summed E-state index contributed by atoms with van der Waals surface area (Å²) in [6.45, 7) is 0. The van der Waals surface area contributed by atoms with Gasteiger partial charge in [0.25, 0.3) is 11.6 Å². The molecule has 1 heterocycles. The van der Waals surface area contributed by atoms with Crippen molar-refractivity contribution in [3.63, 3.8) is 0 Å². The monoisotopic (exact) mass is 374 g/mol. The van der Waals surface area contributed by atoms with Gasteiger partial charge in [0.15, 0.2) is 12.4 Å². The third-order valence-corrected chi connectivity index (χ3v) is 4.04. The van der Waals surface area contributed by atoms with Crippen molar-refractivity contribution in [1.82, 2.24) is 0 Å². The molecule has 1 saturated heterocycles. The molecular weight excluding hydrogens is 364 g/mol. The van der Waals surface area contributed by atoms with Crippen LogP contribution in [-0.4, -0.2) is 29.1 Å². The lowest BCUT2D eigenvalue weighted by atomic mass is 10.2. The Morgan fingerprint density at radius 1 is 1.19 bits per heavy atom. The SMILES string of the molecule is O=Cc1cc([N+](=O)[O-])ccc1OC1CC(=O)N(c2ccc(Cl)cc2)C1=O. The Balaban J connectivity index is 1.84. The number of ether oxygens (including phenoxy) is 1. The number of hydrogen-bond acceptors (Lipinski definition) is 6. The minimum absolute atomic E-state index is 0.00490. The largest absolute Gasteiger partial charge is 0.479 e. The van der Waals surface area contributed by atoms with Crippen LogP contribution >= 0.6 is 11.6 Å². The maximum atomic E-state index is 12.5. The van der Waals surface area contributed by atoms with Gasteiger partial charge in [0.1, 0.15) is 5.75 Å². The number of benzene rings is 2. The molecule has 1 aliphatic rings. The van der Waals surface area contributed by atoms with E-state index in [-0.39, 0.29) is 23.4 Å². The first-order valence-electron chi connectivity index (χ1n) is 7.43. The minimum atomic E-state index is -1.13. The number of hydrogen-bond donors (Lipinski definition) is 0. The number of nitro benzene ring substituents is 1. The van der Waals surface area contributed by atoms with E-state index in [2.05, 4.69) is 0 Å². The quantitative estimate of drug-likeness (QED) is 0.344. The van der Waals surface area contributed by atoms with Crippen LogP contribution < -0.4 is 9.64 Å². The van der Waals surface area contributed by atoms with Crippen molar-refractivity contribution in [2.75, 3.05) is 4.90 Å². The van der Waals surface area contributed by atoms with Gasteiger partial charge in [0.2, 0.25) is 5.91 Å². The molecule has 2 aromatic rings. The number of carbonyl (C=O) groups is 3. The number of nitro groups is 1. The highest BCUT2D eigenvalue weighted by Crippen LogP contribution is 2.29. The first-order valence-corrected chi connectivity index (χ1v) is 7.81. The molecule has 3 rings (SSSR count). The maximum Gasteiger partial charge on any atom is 0.275 e. The van der Waals surface area contributed by atoms with Gasteiger partial charge in [-0.3, -0.25) is 24.5 Å². The van der Waals surface area contributed by atoms with Gasteiger partial charge >= 0.3 is 0 Å². The smallest absolute Gasteiger partial charge is 0.275 e. The number of anilines is 1. The zero-order chi connectivity index (χ0) is 18.8. The van der Waals surface area contributed by atoms with E-state index in [9.17, 15) is 24.5 Å². The molecule has 1 atom stereocenters. The van der Waals surface area contributed by atoms with Gasteiger partial charge in [0, 0.05) is 17.2 Å². The number of nitrogens with zero attached hydrogens (tertiary/aromatic N) is 2. The van der Waals surface area contributed by atoms with E-state index in [1.54, 1.807) is 12.1 Å². The van der Waals surface area contributed by atoms with Crippen molar-refractivity contribution in [3.8, 4) is 5.75 Å². The van der Waals surface area contributed by atoms with Gasteiger partial charge in [-0.15, -0.1) is 0 Å². The van der Waals surface area contributed by atoms with Crippen LogP contribution in [0.2, 0.25) is 5.02 Å². The highest BCUT2D eigenvalue weighted by atomic mass is 35.5. The average Bonchev–Trinajstić information content (AvgIpc) is 2.89. The Morgan fingerprint density at radius 2 is 1.88 bits per heavy atom. The minimum Gasteiger partial charge on any atom is -0.479 e. The summed E-state index contributed by atoms with van der Waals surface area (Å²) in [6.07, 6.45) is -0.949. The van der Waals surface area contributed by atoms with Crippen molar-refractivity contribution in [3.05, 3.63) is 63.2 Å². The van der Waals surface area contributed by atoms with Crippen molar-refractivity contribution < 1.29 is 24.0 Å². The summed E-state index contributed by atoms with van der Waals surface area (Å²) >= 11 is 5.80. The number of carbonyl (C=O) groups excluding carboxylic acids is 3. The molecule has 0 N–H and O–H groups in total. The van der Waals surface area contributed by atoms with E-state index in [4.69, 9.17) is 16.3 Å². The molecule has 8 nitrogen and oxygen atoms in total. The molecule has 0 saturated carbocycles. The molecule has 0 spiro atoms. The lowest BCUT2D eigenvalue weighted by Crippen LogP contribution is -2.34. The van der Waals surface area contributed by atoms with Crippen LogP contribution in [0.15, 0.2) is 42.5 Å². The summed E-state index contributed by atoms with van der Waals surface area (Å²) < 4.78 is 5.50. The average molecular weight is 375 g/mol. The summed E-state index contributed by atoms with van der Waals surface area (Å²) in [7, 11) is 0. The van der Waals surface area contributed by atoms with Crippen molar-refractivity contribution >= 4 is 41.1 Å². The summed E-state index contributed by atoms with van der Waals surface area (Å²) in [6, 6.07) is 9.58. The van der Waals surface area contributed by atoms with Crippen LogP contribution in [0, 0.1) is 10.1 Å². The Kier molecular flexibility index (Phi) is 4.68. The van der Waals surface area contributed by atoms with Crippen LogP contribution in [-0.2, 0) is 9.59 Å². The zero-order valence-electron chi connectivity index (χ0n) is 13.1. The van der Waals surface area contributed by atoms with Gasteiger partial charge in [-0.05, 0) is 30.3 Å². The Morgan fingerprint density at radius 3 is 2.50 bits per heavy atom.